The maximum atomic E-state index is 10.9. The quantitative estimate of drug-likeness (QED) is 0.663. The number of aryl methyl sites for hydroxylation is 2. The highest BCUT2D eigenvalue weighted by molar-refractivity contribution is 5.65. The molecule has 94 valence electrons. The van der Waals surface area contributed by atoms with E-state index in [2.05, 4.69) is 10.4 Å². The summed E-state index contributed by atoms with van der Waals surface area (Å²) in [6.07, 6.45) is 1.84. The molecule has 0 aliphatic heterocycles. The van der Waals surface area contributed by atoms with Gasteiger partial charge in [0.05, 0.1) is 17.2 Å². The number of para-hydroxylation sites is 1. The van der Waals surface area contributed by atoms with Gasteiger partial charge >= 0.3 is 0 Å². The van der Waals surface area contributed by atoms with Gasteiger partial charge in [0, 0.05) is 19.3 Å². The minimum absolute atomic E-state index is 0.0888. The van der Waals surface area contributed by atoms with Gasteiger partial charge < -0.3 is 5.32 Å². The molecular weight excluding hydrogens is 232 g/mol. The van der Waals surface area contributed by atoms with E-state index >= 15 is 0 Å². The molecule has 0 aliphatic carbocycles. The van der Waals surface area contributed by atoms with Gasteiger partial charge in [-0.3, -0.25) is 14.8 Å². The summed E-state index contributed by atoms with van der Waals surface area (Å²) in [5.74, 6) is 0. The number of aromatic nitrogens is 2. The van der Waals surface area contributed by atoms with E-state index in [-0.39, 0.29) is 10.6 Å². The van der Waals surface area contributed by atoms with Gasteiger partial charge in [0.2, 0.25) is 0 Å². The predicted octanol–water partition coefficient (Wildman–Crippen LogP) is 2.25. The highest BCUT2D eigenvalue weighted by Crippen LogP contribution is 2.27. The molecule has 2 aromatic rings. The maximum absolute atomic E-state index is 10.9. The lowest BCUT2D eigenvalue weighted by Gasteiger charge is -2.08. The topological polar surface area (TPSA) is 73.0 Å². The summed E-state index contributed by atoms with van der Waals surface area (Å²) in [5.41, 5.74) is 2.33. The van der Waals surface area contributed by atoms with Crippen molar-refractivity contribution in [1.29, 1.82) is 0 Å². The van der Waals surface area contributed by atoms with E-state index in [1.807, 2.05) is 32.3 Å². The largest absolute Gasteiger partial charge is 0.374 e. The first-order valence-corrected chi connectivity index (χ1v) is 5.54. The van der Waals surface area contributed by atoms with Gasteiger partial charge in [-0.25, -0.2) is 0 Å². The Morgan fingerprint density at radius 2 is 2.22 bits per heavy atom. The van der Waals surface area contributed by atoms with Crippen LogP contribution in [-0.2, 0) is 13.6 Å². The third-order valence-electron chi connectivity index (χ3n) is 2.66. The first-order valence-electron chi connectivity index (χ1n) is 5.54. The van der Waals surface area contributed by atoms with E-state index in [9.17, 15) is 10.1 Å². The number of anilines is 1. The second-order valence-electron chi connectivity index (χ2n) is 4.06. The van der Waals surface area contributed by atoms with Crippen LogP contribution in [0.1, 0.15) is 11.3 Å². The summed E-state index contributed by atoms with van der Waals surface area (Å²) in [6, 6.07) is 6.89. The molecule has 1 aromatic heterocycles. The van der Waals surface area contributed by atoms with Crippen molar-refractivity contribution in [1.82, 2.24) is 9.78 Å². The molecule has 0 aliphatic rings. The SMILES string of the molecule is Cc1cccc([N+](=O)[O-])c1NCc1ccn(C)n1. The van der Waals surface area contributed by atoms with E-state index in [1.165, 1.54) is 6.07 Å². The molecule has 1 heterocycles. The highest BCUT2D eigenvalue weighted by Gasteiger charge is 2.15. The summed E-state index contributed by atoms with van der Waals surface area (Å²) < 4.78 is 1.70. The van der Waals surface area contributed by atoms with Gasteiger partial charge in [0.1, 0.15) is 5.69 Å². The Bertz CT molecular complexity index is 577. The van der Waals surface area contributed by atoms with Crippen LogP contribution in [0.2, 0.25) is 0 Å². The van der Waals surface area contributed by atoms with Gasteiger partial charge in [0.15, 0.2) is 0 Å². The number of nitro groups is 1. The van der Waals surface area contributed by atoms with Crippen molar-refractivity contribution in [3.05, 3.63) is 51.8 Å². The highest BCUT2D eigenvalue weighted by atomic mass is 16.6. The van der Waals surface area contributed by atoms with Crippen LogP contribution >= 0.6 is 0 Å². The van der Waals surface area contributed by atoms with Gasteiger partial charge in [-0.1, -0.05) is 12.1 Å². The van der Waals surface area contributed by atoms with Crippen LogP contribution in [0.3, 0.4) is 0 Å². The van der Waals surface area contributed by atoms with Crippen LogP contribution in [0.4, 0.5) is 11.4 Å². The van der Waals surface area contributed by atoms with Crippen molar-refractivity contribution in [3.63, 3.8) is 0 Å². The van der Waals surface area contributed by atoms with Gasteiger partial charge in [-0.2, -0.15) is 5.10 Å². The third-order valence-corrected chi connectivity index (χ3v) is 2.66. The number of benzene rings is 1. The van der Waals surface area contributed by atoms with Gasteiger partial charge in [-0.15, -0.1) is 0 Å². The number of hydrogen-bond donors (Lipinski definition) is 1. The van der Waals surface area contributed by atoms with Crippen molar-refractivity contribution >= 4 is 11.4 Å². The zero-order chi connectivity index (χ0) is 13.1. The van der Waals surface area contributed by atoms with E-state index in [4.69, 9.17) is 0 Å². The molecule has 0 amide bonds. The third kappa shape index (κ3) is 2.48. The molecule has 6 heteroatoms. The molecule has 0 saturated heterocycles. The molecule has 2 rings (SSSR count). The predicted molar refractivity (Wildman–Crippen MR) is 68.4 cm³/mol. The summed E-state index contributed by atoms with van der Waals surface area (Å²) in [5, 5.41) is 18.2. The molecule has 0 spiro atoms. The van der Waals surface area contributed by atoms with Crippen LogP contribution in [0.25, 0.3) is 0 Å². The minimum atomic E-state index is -0.381. The zero-order valence-corrected chi connectivity index (χ0v) is 10.3. The summed E-state index contributed by atoms with van der Waals surface area (Å²) in [6.45, 7) is 2.31. The molecule has 18 heavy (non-hydrogen) atoms. The van der Waals surface area contributed by atoms with Crippen molar-refractivity contribution in [2.45, 2.75) is 13.5 Å². The van der Waals surface area contributed by atoms with Crippen molar-refractivity contribution in [2.75, 3.05) is 5.32 Å². The first kappa shape index (κ1) is 12.1. The summed E-state index contributed by atoms with van der Waals surface area (Å²) >= 11 is 0. The second kappa shape index (κ2) is 4.87. The monoisotopic (exact) mass is 246 g/mol. The van der Waals surface area contributed by atoms with Crippen LogP contribution in [0, 0.1) is 17.0 Å². The molecule has 0 unspecified atom stereocenters. The van der Waals surface area contributed by atoms with E-state index in [1.54, 1.807) is 10.7 Å². The van der Waals surface area contributed by atoms with E-state index < -0.39 is 0 Å². The molecular formula is C12H14N4O2. The lowest BCUT2D eigenvalue weighted by Crippen LogP contribution is -2.05. The van der Waals surface area contributed by atoms with Crippen LogP contribution in [0.15, 0.2) is 30.5 Å². The van der Waals surface area contributed by atoms with E-state index in [0.29, 0.717) is 12.2 Å². The first-order chi connectivity index (χ1) is 8.58. The Morgan fingerprint density at radius 1 is 1.44 bits per heavy atom. The molecule has 0 saturated carbocycles. The molecule has 1 N–H and O–H groups in total. The molecule has 0 fully saturated rings. The smallest absolute Gasteiger partial charge is 0.292 e. The average molecular weight is 246 g/mol. The zero-order valence-electron chi connectivity index (χ0n) is 10.3. The van der Waals surface area contributed by atoms with Crippen LogP contribution < -0.4 is 5.32 Å². The Morgan fingerprint density at radius 3 is 2.83 bits per heavy atom. The van der Waals surface area contributed by atoms with Crippen molar-refractivity contribution < 1.29 is 4.92 Å². The average Bonchev–Trinajstić information content (AvgIpc) is 2.73. The van der Waals surface area contributed by atoms with E-state index in [0.717, 1.165) is 11.3 Å². The number of hydrogen-bond acceptors (Lipinski definition) is 4. The standard InChI is InChI=1S/C12H14N4O2/c1-9-4-3-5-11(16(17)18)12(9)13-8-10-6-7-15(2)14-10/h3-7,13H,8H2,1-2H3. The fourth-order valence-corrected chi connectivity index (χ4v) is 1.77. The molecule has 0 bridgehead atoms. The number of nitrogens with zero attached hydrogens (tertiary/aromatic N) is 3. The fraction of sp³-hybridized carbons (Fsp3) is 0.250. The molecule has 6 nitrogen and oxygen atoms in total. The molecule has 0 atom stereocenters. The molecule has 1 aromatic carbocycles. The van der Waals surface area contributed by atoms with Gasteiger partial charge in [-0.05, 0) is 18.6 Å². The number of rotatable bonds is 4. The minimum Gasteiger partial charge on any atom is -0.374 e. The van der Waals surface area contributed by atoms with Crippen LogP contribution in [-0.4, -0.2) is 14.7 Å². The normalized spacial score (nSPS) is 10.3. The van der Waals surface area contributed by atoms with Gasteiger partial charge in [0.25, 0.3) is 5.69 Å². The second-order valence-corrected chi connectivity index (χ2v) is 4.06. The maximum Gasteiger partial charge on any atom is 0.292 e. The Labute approximate surface area is 104 Å². The fourth-order valence-electron chi connectivity index (χ4n) is 1.77. The van der Waals surface area contributed by atoms with Crippen molar-refractivity contribution in [2.24, 2.45) is 7.05 Å². The Kier molecular flexibility index (Phi) is 3.27. The number of nitrogens with one attached hydrogen (secondary N) is 1. The van der Waals surface area contributed by atoms with Crippen LogP contribution in [0.5, 0.6) is 0 Å². The lowest BCUT2D eigenvalue weighted by atomic mass is 10.1. The van der Waals surface area contributed by atoms with Crippen molar-refractivity contribution in [3.8, 4) is 0 Å². The molecule has 0 radical (unpaired) electrons. The Balaban J connectivity index is 2.20. The Hall–Kier alpha value is -2.37. The number of nitro benzene ring substituents is 1. The summed E-state index contributed by atoms with van der Waals surface area (Å²) in [7, 11) is 1.83. The summed E-state index contributed by atoms with van der Waals surface area (Å²) in [4.78, 5) is 10.6. The lowest BCUT2D eigenvalue weighted by molar-refractivity contribution is -0.384.